The lowest BCUT2D eigenvalue weighted by atomic mass is 9.86. The van der Waals surface area contributed by atoms with Gasteiger partial charge in [-0.2, -0.15) is 0 Å². The highest BCUT2D eigenvalue weighted by atomic mass is 32.1. The predicted molar refractivity (Wildman–Crippen MR) is 66.2 cm³/mol. The highest BCUT2D eigenvalue weighted by Crippen LogP contribution is 2.44. The number of thiazole rings is 1. The molecule has 2 atom stereocenters. The fourth-order valence-corrected chi connectivity index (χ4v) is 3.65. The molecule has 0 radical (unpaired) electrons. The van der Waals surface area contributed by atoms with Crippen LogP contribution in [-0.2, 0) is 9.47 Å². The molecule has 94 valence electrons. The van der Waals surface area contributed by atoms with E-state index in [1.807, 2.05) is 11.6 Å². The van der Waals surface area contributed by atoms with Crippen LogP contribution in [0.1, 0.15) is 31.3 Å². The minimum atomic E-state index is -0.237. The van der Waals surface area contributed by atoms with Gasteiger partial charge in [-0.15, -0.1) is 11.3 Å². The van der Waals surface area contributed by atoms with Gasteiger partial charge in [-0.1, -0.05) is 0 Å². The van der Waals surface area contributed by atoms with Gasteiger partial charge in [0.1, 0.15) is 10.6 Å². The maximum absolute atomic E-state index is 6.08. The first kappa shape index (κ1) is 11.6. The summed E-state index contributed by atoms with van der Waals surface area (Å²) in [6.45, 7) is 6.53. The molecule has 2 fully saturated rings. The molecular formula is C12H18N2O2S. The van der Waals surface area contributed by atoms with Crippen LogP contribution in [0.4, 0.5) is 0 Å². The van der Waals surface area contributed by atoms with Gasteiger partial charge in [-0.25, -0.2) is 4.98 Å². The molecule has 2 unspecified atom stereocenters. The van der Waals surface area contributed by atoms with Crippen LogP contribution in [0.25, 0.3) is 0 Å². The molecule has 3 rings (SSSR count). The van der Waals surface area contributed by atoms with Crippen LogP contribution in [0.3, 0.4) is 0 Å². The van der Waals surface area contributed by atoms with Gasteiger partial charge in [-0.3, -0.25) is 0 Å². The largest absolute Gasteiger partial charge is 0.372 e. The summed E-state index contributed by atoms with van der Waals surface area (Å²) in [7, 11) is 0. The van der Waals surface area contributed by atoms with Crippen molar-refractivity contribution in [3.8, 4) is 0 Å². The zero-order valence-corrected chi connectivity index (χ0v) is 11.0. The van der Waals surface area contributed by atoms with Crippen molar-refractivity contribution in [2.75, 3.05) is 19.8 Å². The molecule has 5 heteroatoms. The topological polar surface area (TPSA) is 43.4 Å². The lowest BCUT2D eigenvalue weighted by Gasteiger charge is -2.40. The molecule has 2 saturated heterocycles. The third-order valence-corrected chi connectivity index (χ3v) is 4.34. The SMILES string of the molecule is CC1(C)CC2(CO1)OCCNC2c1nccs1. The molecular weight excluding hydrogens is 236 g/mol. The second-order valence-electron chi connectivity index (χ2n) is 5.40. The second-order valence-corrected chi connectivity index (χ2v) is 6.32. The Balaban J connectivity index is 1.91. The predicted octanol–water partition coefficient (Wildman–Crippen LogP) is 1.74. The minimum Gasteiger partial charge on any atom is -0.372 e. The fourth-order valence-electron chi connectivity index (χ4n) is 2.83. The van der Waals surface area contributed by atoms with Crippen molar-refractivity contribution in [1.29, 1.82) is 0 Å². The van der Waals surface area contributed by atoms with E-state index in [-0.39, 0.29) is 17.2 Å². The van der Waals surface area contributed by atoms with E-state index in [0.29, 0.717) is 6.61 Å². The van der Waals surface area contributed by atoms with Gasteiger partial charge in [0, 0.05) is 24.5 Å². The van der Waals surface area contributed by atoms with Crippen molar-refractivity contribution in [3.05, 3.63) is 16.6 Å². The summed E-state index contributed by atoms with van der Waals surface area (Å²) >= 11 is 1.68. The van der Waals surface area contributed by atoms with Crippen molar-refractivity contribution in [1.82, 2.24) is 10.3 Å². The molecule has 17 heavy (non-hydrogen) atoms. The molecule has 2 aliphatic rings. The van der Waals surface area contributed by atoms with Gasteiger partial charge in [-0.05, 0) is 13.8 Å². The Morgan fingerprint density at radius 1 is 1.47 bits per heavy atom. The van der Waals surface area contributed by atoms with E-state index in [1.165, 1.54) is 0 Å². The van der Waals surface area contributed by atoms with Crippen molar-refractivity contribution in [3.63, 3.8) is 0 Å². The molecule has 1 aromatic rings. The van der Waals surface area contributed by atoms with Crippen LogP contribution in [0, 0.1) is 0 Å². The van der Waals surface area contributed by atoms with Crippen molar-refractivity contribution in [2.45, 2.75) is 37.5 Å². The zero-order chi connectivity index (χ0) is 11.9. The molecule has 0 saturated carbocycles. The summed E-state index contributed by atoms with van der Waals surface area (Å²) in [6.07, 6.45) is 2.77. The molecule has 3 heterocycles. The van der Waals surface area contributed by atoms with Crippen LogP contribution in [-0.4, -0.2) is 35.9 Å². The van der Waals surface area contributed by atoms with Gasteiger partial charge in [0.05, 0.1) is 24.9 Å². The molecule has 0 aliphatic carbocycles. The smallest absolute Gasteiger partial charge is 0.116 e. The quantitative estimate of drug-likeness (QED) is 0.829. The maximum atomic E-state index is 6.08. The summed E-state index contributed by atoms with van der Waals surface area (Å²) in [5.74, 6) is 0. The fraction of sp³-hybridized carbons (Fsp3) is 0.750. The monoisotopic (exact) mass is 254 g/mol. The summed E-state index contributed by atoms with van der Waals surface area (Å²) in [5, 5.41) is 6.65. The Hall–Kier alpha value is -0.490. The number of morpholine rings is 1. The van der Waals surface area contributed by atoms with Gasteiger partial charge in [0.25, 0.3) is 0 Å². The van der Waals surface area contributed by atoms with E-state index in [4.69, 9.17) is 9.47 Å². The number of hydrogen-bond donors (Lipinski definition) is 1. The number of nitrogens with one attached hydrogen (secondary N) is 1. The highest BCUT2D eigenvalue weighted by molar-refractivity contribution is 7.09. The van der Waals surface area contributed by atoms with E-state index in [9.17, 15) is 0 Å². The molecule has 0 aromatic carbocycles. The number of nitrogens with zero attached hydrogens (tertiary/aromatic N) is 1. The van der Waals surface area contributed by atoms with E-state index < -0.39 is 0 Å². The Labute approximate surface area is 105 Å². The molecule has 1 aromatic heterocycles. The van der Waals surface area contributed by atoms with E-state index in [0.717, 1.165) is 24.6 Å². The Morgan fingerprint density at radius 2 is 2.35 bits per heavy atom. The highest BCUT2D eigenvalue weighted by Gasteiger charge is 2.53. The Kier molecular flexibility index (Phi) is 2.74. The number of rotatable bonds is 1. The first-order chi connectivity index (χ1) is 8.11. The lowest BCUT2D eigenvalue weighted by Crippen LogP contribution is -2.53. The third kappa shape index (κ3) is 2.01. The molecule has 2 aliphatic heterocycles. The number of ether oxygens (including phenoxy) is 2. The lowest BCUT2D eigenvalue weighted by molar-refractivity contribution is -0.0993. The average Bonchev–Trinajstić information content (AvgIpc) is 2.88. The van der Waals surface area contributed by atoms with Crippen LogP contribution in [0.5, 0.6) is 0 Å². The molecule has 1 N–H and O–H groups in total. The van der Waals surface area contributed by atoms with Gasteiger partial charge in [0.15, 0.2) is 0 Å². The number of hydrogen-bond acceptors (Lipinski definition) is 5. The summed E-state index contributed by atoms with van der Waals surface area (Å²) in [4.78, 5) is 4.43. The summed E-state index contributed by atoms with van der Waals surface area (Å²) in [6, 6.07) is 0.165. The molecule has 0 amide bonds. The first-order valence-corrected chi connectivity index (χ1v) is 6.90. The van der Waals surface area contributed by atoms with Gasteiger partial charge < -0.3 is 14.8 Å². The standard InChI is InChI=1S/C12H18N2O2S/c1-11(2)7-12(8-16-11)9(13-3-5-15-12)10-14-4-6-17-10/h4,6,9,13H,3,5,7-8H2,1-2H3. The van der Waals surface area contributed by atoms with E-state index in [2.05, 4.69) is 24.1 Å². The van der Waals surface area contributed by atoms with E-state index >= 15 is 0 Å². The minimum absolute atomic E-state index is 0.103. The van der Waals surface area contributed by atoms with Crippen LogP contribution in [0.15, 0.2) is 11.6 Å². The summed E-state index contributed by atoms with van der Waals surface area (Å²) < 4.78 is 12.0. The second kappa shape index (κ2) is 4.02. The molecule has 1 spiro atoms. The van der Waals surface area contributed by atoms with Crippen LogP contribution in [0.2, 0.25) is 0 Å². The summed E-state index contributed by atoms with van der Waals surface area (Å²) in [5.41, 5.74) is -0.339. The Bertz CT molecular complexity index is 393. The Morgan fingerprint density at radius 3 is 3.00 bits per heavy atom. The van der Waals surface area contributed by atoms with Crippen LogP contribution >= 0.6 is 11.3 Å². The maximum Gasteiger partial charge on any atom is 0.116 e. The average molecular weight is 254 g/mol. The normalized spacial score (nSPS) is 36.5. The van der Waals surface area contributed by atoms with Crippen molar-refractivity contribution >= 4 is 11.3 Å². The number of aromatic nitrogens is 1. The third-order valence-electron chi connectivity index (χ3n) is 3.50. The van der Waals surface area contributed by atoms with Gasteiger partial charge in [0.2, 0.25) is 0 Å². The van der Waals surface area contributed by atoms with E-state index in [1.54, 1.807) is 11.3 Å². The first-order valence-electron chi connectivity index (χ1n) is 6.02. The molecule has 0 bridgehead atoms. The molecule has 4 nitrogen and oxygen atoms in total. The van der Waals surface area contributed by atoms with Crippen molar-refractivity contribution in [2.24, 2.45) is 0 Å². The van der Waals surface area contributed by atoms with Crippen molar-refractivity contribution < 1.29 is 9.47 Å². The van der Waals surface area contributed by atoms with Crippen LogP contribution < -0.4 is 5.32 Å². The van der Waals surface area contributed by atoms with Gasteiger partial charge >= 0.3 is 0 Å². The zero-order valence-electron chi connectivity index (χ0n) is 10.2.